The Balaban J connectivity index is 2.81. The van der Waals surface area contributed by atoms with Crippen LogP contribution in [-0.4, -0.2) is 41.6 Å². The highest BCUT2D eigenvalue weighted by Crippen LogP contribution is 2.28. The van der Waals surface area contributed by atoms with Crippen molar-refractivity contribution >= 4 is 16.0 Å². The molecule has 0 amide bonds. The number of nitrogens with zero attached hydrogens (tertiary/aromatic N) is 1. The number of carboxylic acid groups (broad SMARTS) is 1. The summed E-state index contributed by atoms with van der Waals surface area (Å²) in [5, 5.41) is 8.43. The van der Waals surface area contributed by atoms with Crippen molar-refractivity contribution < 1.29 is 18.3 Å². The van der Waals surface area contributed by atoms with Crippen LogP contribution in [0.15, 0.2) is 0 Å². The van der Waals surface area contributed by atoms with E-state index >= 15 is 0 Å². The van der Waals surface area contributed by atoms with Crippen molar-refractivity contribution in [3.63, 3.8) is 0 Å². The van der Waals surface area contributed by atoms with Gasteiger partial charge in [0.15, 0.2) is 0 Å². The number of aliphatic carboxylic acids is 1. The van der Waals surface area contributed by atoms with E-state index in [1.165, 1.54) is 4.31 Å². The molecule has 1 aliphatic carbocycles. The van der Waals surface area contributed by atoms with Gasteiger partial charge in [0.2, 0.25) is 10.0 Å². The molecular weight excluding hydrogens is 242 g/mol. The van der Waals surface area contributed by atoms with Gasteiger partial charge in [-0.1, -0.05) is 19.8 Å². The summed E-state index contributed by atoms with van der Waals surface area (Å²) >= 11 is 0. The van der Waals surface area contributed by atoms with Gasteiger partial charge in [0.05, 0.1) is 11.7 Å². The lowest BCUT2D eigenvalue weighted by atomic mass is 10.2. The molecule has 1 fully saturated rings. The Morgan fingerprint density at radius 2 is 1.94 bits per heavy atom. The molecule has 1 N–H and O–H groups in total. The van der Waals surface area contributed by atoms with Crippen LogP contribution in [0.5, 0.6) is 0 Å². The summed E-state index contributed by atoms with van der Waals surface area (Å²) in [5.74, 6) is -0.961. The van der Waals surface area contributed by atoms with Crippen LogP contribution in [0.2, 0.25) is 0 Å². The fraction of sp³-hybridized carbons (Fsp3) is 0.909. The van der Waals surface area contributed by atoms with E-state index in [9.17, 15) is 13.2 Å². The van der Waals surface area contributed by atoms with Crippen LogP contribution in [-0.2, 0) is 14.8 Å². The fourth-order valence-electron chi connectivity index (χ4n) is 2.47. The molecule has 100 valence electrons. The van der Waals surface area contributed by atoms with Crippen LogP contribution in [0, 0.1) is 0 Å². The van der Waals surface area contributed by atoms with Gasteiger partial charge in [0.1, 0.15) is 0 Å². The van der Waals surface area contributed by atoms with E-state index in [0.717, 1.165) is 12.8 Å². The highest BCUT2D eigenvalue weighted by atomic mass is 32.2. The number of carbonyl (C=O) groups is 1. The van der Waals surface area contributed by atoms with E-state index < -0.39 is 22.0 Å². The number of hydrogen-bond acceptors (Lipinski definition) is 3. The Bertz CT molecular complexity index is 360. The molecule has 0 radical (unpaired) electrons. The Labute approximate surface area is 103 Å². The first-order valence-corrected chi connectivity index (χ1v) is 7.62. The highest BCUT2D eigenvalue weighted by molar-refractivity contribution is 7.89. The normalized spacial score (nSPS) is 19.7. The molecule has 0 aliphatic heterocycles. The zero-order chi connectivity index (χ0) is 13.1. The van der Waals surface area contributed by atoms with E-state index in [-0.39, 0.29) is 11.7 Å². The monoisotopic (exact) mass is 263 g/mol. The molecule has 1 atom stereocenters. The van der Waals surface area contributed by atoms with Gasteiger partial charge in [-0.3, -0.25) is 4.79 Å². The molecule has 0 aromatic rings. The largest absolute Gasteiger partial charge is 0.481 e. The van der Waals surface area contributed by atoms with Gasteiger partial charge < -0.3 is 5.11 Å². The van der Waals surface area contributed by atoms with Crippen molar-refractivity contribution in [2.45, 2.75) is 57.2 Å². The summed E-state index contributed by atoms with van der Waals surface area (Å²) in [5.41, 5.74) is 0. The van der Waals surface area contributed by atoms with Gasteiger partial charge in [0.25, 0.3) is 0 Å². The van der Waals surface area contributed by atoms with Crippen LogP contribution in [0.25, 0.3) is 0 Å². The van der Waals surface area contributed by atoms with E-state index in [1.54, 1.807) is 13.8 Å². The quantitative estimate of drug-likeness (QED) is 0.787. The Morgan fingerprint density at radius 3 is 2.35 bits per heavy atom. The minimum atomic E-state index is -3.33. The van der Waals surface area contributed by atoms with E-state index in [4.69, 9.17) is 5.11 Å². The van der Waals surface area contributed by atoms with Crippen molar-refractivity contribution in [3.8, 4) is 0 Å². The molecule has 1 unspecified atom stereocenters. The Kier molecular flexibility index (Phi) is 4.94. The molecule has 0 spiro atoms. The number of sulfonamides is 1. The first-order valence-electron chi connectivity index (χ1n) is 6.12. The first kappa shape index (κ1) is 14.4. The third kappa shape index (κ3) is 3.42. The maximum atomic E-state index is 12.3. The number of rotatable bonds is 6. The Morgan fingerprint density at radius 1 is 1.41 bits per heavy atom. The van der Waals surface area contributed by atoms with Crippen molar-refractivity contribution in [2.24, 2.45) is 0 Å². The fourth-order valence-corrected chi connectivity index (χ4v) is 4.72. The maximum Gasteiger partial charge on any atom is 0.304 e. The number of hydrogen-bond donors (Lipinski definition) is 1. The lowest BCUT2D eigenvalue weighted by Crippen LogP contribution is -2.43. The third-order valence-electron chi connectivity index (χ3n) is 3.32. The van der Waals surface area contributed by atoms with Crippen molar-refractivity contribution in [1.29, 1.82) is 0 Å². The SMILES string of the molecule is CCN(C(C)CC(=O)O)S(=O)(=O)C1CCCC1. The minimum Gasteiger partial charge on any atom is -0.481 e. The summed E-state index contributed by atoms with van der Waals surface area (Å²) in [7, 11) is -3.33. The maximum absolute atomic E-state index is 12.3. The van der Waals surface area contributed by atoms with Crippen molar-refractivity contribution in [1.82, 2.24) is 4.31 Å². The highest BCUT2D eigenvalue weighted by Gasteiger charge is 2.36. The molecule has 6 heteroatoms. The van der Waals surface area contributed by atoms with E-state index in [0.29, 0.717) is 19.4 Å². The van der Waals surface area contributed by atoms with Crippen LogP contribution in [0.4, 0.5) is 0 Å². The van der Waals surface area contributed by atoms with Crippen LogP contribution in [0.3, 0.4) is 0 Å². The van der Waals surface area contributed by atoms with Crippen LogP contribution >= 0.6 is 0 Å². The average Bonchev–Trinajstić information content (AvgIpc) is 2.69. The summed E-state index contributed by atoms with van der Waals surface area (Å²) < 4.78 is 26.0. The van der Waals surface area contributed by atoms with Gasteiger partial charge in [-0.05, 0) is 19.8 Å². The van der Waals surface area contributed by atoms with Crippen LogP contribution < -0.4 is 0 Å². The van der Waals surface area contributed by atoms with Gasteiger partial charge >= 0.3 is 5.97 Å². The molecule has 1 rings (SSSR count). The predicted octanol–water partition coefficient (Wildman–Crippen LogP) is 1.44. The zero-order valence-corrected chi connectivity index (χ0v) is 11.2. The third-order valence-corrected chi connectivity index (χ3v) is 5.91. The van der Waals surface area contributed by atoms with Gasteiger partial charge in [-0.25, -0.2) is 8.42 Å². The average molecular weight is 263 g/mol. The molecule has 17 heavy (non-hydrogen) atoms. The predicted molar refractivity (Wildman–Crippen MR) is 65.3 cm³/mol. The molecule has 1 saturated carbocycles. The van der Waals surface area contributed by atoms with Crippen molar-refractivity contribution in [2.75, 3.05) is 6.54 Å². The van der Waals surface area contributed by atoms with Gasteiger partial charge in [-0.2, -0.15) is 4.31 Å². The lowest BCUT2D eigenvalue weighted by molar-refractivity contribution is -0.137. The molecule has 0 aromatic heterocycles. The molecule has 0 aromatic carbocycles. The van der Waals surface area contributed by atoms with Gasteiger partial charge in [-0.15, -0.1) is 0 Å². The summed E-state index contributed by atoms with van der Waals surface area (Å²) in [6.45, 7) is 3.75. The molecule has 1 aliphatic rings. The van der Waals surface area contributed by atoms with Crippen molar-refractivity contribution in [3.05, 3.63) is 0 Å². The summed E-state index contributed by atoms with van der Waals surface area (Å²) in [6, 6.07) is -0.469. The standard InChI is InChI=1S/C11H21NO4S/c1-3-12(9(2)8-11(13)14)17(15,16)10-6-4-5-7-10/h9-10H,3-8H2,1-2H3,(H,13,14). The van der Waals surface area contributed by atoms with Crippen LogP contribution in [0.1, 0.15) is 46.0 Å². The lowest BCUT2D eigenvalue weighted by Gasteiger charge is -2.29. The second-order valence-corrected chi connectivity index (χ2v) is 6.77. The molecular formula is C11H21NO4S. The Hall–Kier alpha value is -0.620. The topological polar surface area (TPSA) is 74.7 Å². The first-order chi connectivity index (χ1) is 7.89. The molecule has 0 bridgehead atoms. The molecule has 0 saturated heterocycles. The molecule has 0 heterocycles. The van der Waals surface area contributed by atoms with Gasteiger partial charge in [0, 0.05) is 12.6 Å². The second-order valence-electron chi connectivity index (χ2n) is 4.60. The zero-order valence-electron chi connectivity index (χ0n) is 10.4. The molecule has 5 nitrogen and oxygen atoms in total. The van der Waals surface area contributed by atoms with E-state index in [2.05, 4.69) is 0 Å². The van der Waals surface area contributed by atoms with E-state index in [1.807, 2.05) is 0 Å². The second kappa shape index (κ2) is 5.82. The summed E-state index contributed by atoms with van der Waals surface area (Å²) in [6.07, 6.45) is 3.18. The minimum absolute atomic E-state index is 0.139. The number of carboxylic acids is 1. The summed E-state index contributed by atoms with van der Waals surface area (Å²) in [4.78, 5) is 10.7. The smallest absolute Gasteiger partial charge is 0.304 e.